The van der Waals surface area contributed by atoms with Crippen LogP contribution in [0.15, 0.2) is 78.9 Å². The van der Waals surface area contributed by atoms with Gasteiger partial charge in [-0.05, 0) is 48.0 Å². The summed E-state index contributed by atoms with van der Waals surface area (Å²) in [5.74, 6) is -0.257. The fraction of sp³-hybridized carbons (Fsp3) is 0.125. The number of para-hydroxylation sites is 1. The van der Waals surface area contributed by atoms with Crippen LogP contribution in [-0.4, -0.2) is 16.9 Å². The zero-order valence-electron chi connectivity index (χ0n) is 17.1. The summed E-state index contributed by atoms with van der Waals surface area (Å²) < 4.78 is 5.80. The van der Waals surface area contributed by atoms with E-state index < -0.39 is 5.91 Å². The van der Waals surface area contributed by atoms with E-state index in [2.05, 4.69) is 16.2 Å². The number of rotatable bonds is 6. The highest BCUT2D eigenvalue weighted by Crippen LogP contribution is 2.19. The summed E-state index contributed by atoms with van der Waals surface area (Å²) in [6, 6.07) is 24.2. The third-order valence-corrected chi connectivity index (χ3v) is 4.73. The van der Waals surface area contributed by atoms with Crippen molar-refractivity contribution in [3.8, 4) is 5.75 Å². The van der Waals surface area contributed by atoms with Crippen LogP contribution in [0.2, 0.25) is 0 Å². The van der Waals surface area contributed by atoms with Crippen LogP contribution in [-0.2, 0) is 17.8 Å². The summed E-state index contributed by atoms with van der Waals surface area (Å²) in [6.45, 7) is 2.28. The van der Waals surface area contributed by atoms with Crippen molar-refractivity contribution in [2.24, 2.45) is 0 Å². The Bertz CT molecular complexity index is 1070. The van der Waals surface area contributed by atoms with Gasteiger partial charge in [0.1, 0.15) is 12.4 Å². The number of hydrazine groups is 1. The summed E-state index contributed by atoms with van der Waals surface area (Å²) in [5, 5.41) is 2.57. The summed E-state index contributed by atoms with van der Waals surface area (Å²) >= 11 is 5.11. The molecule has 3 aromatic carbocycles. The number of hydrogen-bond acceptors (Lipinski definition) is 4. The largest absolute Gasteiger partial charge is 0.488 e. The number of carbonyl (C=O) groups is 2. The van der Waals surface area contributed by atoms with Crippen molar-refractivity contribution in [2.45, 2.75) is 20.0 Å². The van der Waals surface area contributed by atoms with Crippen molar-refractivity contribution in [1.29, 1.82) is 0 Å². The molecule has 0 spiro atoms. The minimum absolute atomic E-state index is 0.00891. The first-order valence-electron chi connectivity index (χ1n) is 9.73. The first kappa shape index (κ1) is 22.0. The Morgan fingerprint density at radius 3 is 2.32 bits per heavy atom. The zero-order chi connectivity index (χ0) is 22.1. The van der Waals surface area contributed by atoms with Crippen LogP contribution < -0.4 is 20.9 Å². The van der Waals surface area contributed by atoms with E-state index in [9.17, 15) is 9.59 Å². The minimum atomic E-state index is -0.431. The Kier molecular flexibility index (Phi) is 7.73. The van der Waals surface area contributed by atoms with Crippen molar-refractivity contribution < 1.29 is 14.3 Å². The van der Waals surface area contributed by atoms with E-state index in [0.717, 1.165) is 16.7 Å². The number of ether oxygens (including phenoxy) is 1. The fourth-order valence-electron chi connectivity index (χ4n) is 2.88. The second-order valence-corrected chi connectivity index (χ2v) is 7.24. The Morgan fingerprint density at radius 1 is 0.871 bits per heavy atom. The quantitative estimate of drug-likeness (QED) is 0.410. The third-order valence-electron chi connectivity index (χ3n) is 4.52. The predicted molar refractivity (Wildman–Crippen MR) is 123 cm³/mol. The van der Waals surface area contributed by atoms with E-state index in [1.54, 1.807) is 24.3 Å². The van der Waals surface area contributed by atoms with Gasteiger partial charge in [-0.1, -0.05) is 66.7 Å². The van der Waals surface area contributed by atoms with Crippen LogP contribution in [0.3, 0.4) is 0 Å². The van der Waals surface area contributed by atoms with Gasteiger partial charge in [-0.25, -0.2) is 0 Å². The SMILES string of the molecule is Cc1ccccc1CC(=O)NC(=S)NNC(=O)c1ccccc1OCc1ccccc1. The average molecular weight is 434 g/mol. The van der Waals surface area contributed by atoms with Crippen LogP contribution in [0.25, 0.3) is 0 Å². The number of amides is 2. The molecule has 0 aliphatic heterocycles. The van der Waals surface area contributed by atoms with E-state index in [0.29, 0.717) is 17.9 Å². The maximum absolute atomic E-state index is 12.6. The maximum Gasteiger partial charge on any atom is 0.273 e. The van der Waals surface area contributed by atoms with Crippen LogP contribution >= 0.6 is 12.2 Å². The Labute approximate surface area is 186 Å². The second-order valence-electron chi connectivity index (χ2n) is 6.83. The minimum Gasteiger partial charge on any atom is -0.488 e. The lowest BCUT2D eigenvalue weighted by molar-refractivity contribution is -0.119. The lowest BCUT2D eigenvalue weighted by Crippen LogP contribution is -2.48. The standard InChI is InChI=1S/C24H23N3O3S/c1-17-9-5-6-12-19(17)15-22(28)25-24(31)27-26-23(29)20-13-7-8-14-21(20)30-16-18-10-3-2-4-11-18/h2-14H,15-16H2,1H3,(H,26,29)(H2,25,27,28,31). The number of aryl methyl sites for hydroxylation is 1. The van der Waals surface area contributed by atoms with Crippen LogP contribution in [0.1, 0.15) is 27.0 Å². The molecule has 0 bridgehead atoms. The lowest BCUT2D eigenvalue weighted by Gasteiger charge is -2.14. The molecule has 158 valence electrons. The van der Waals surface area contributed by atoms with Gasteiger partial charge >= 0.3 is 0 Å². The molecule has 0 unspecified atom stereocenters. The molecule has 0 aliphatic rings. The van der Waals surface area contributed by atoms with E-state index >= 15 is 0 Å². The molecule has 31 heavy (non-hydrogen) atoms. The van der Waals surface area contributed by atoms with Gasteiger partial charge in [0.15, 0.2) is 5.11 Å². The lowest BCUT2D eigenvalue weighted by atomic mass is 10.1. The molecule has 0 heterocycles. The molecule has 0 radical (unpaired) electrons. The summed E-state index contributed by atoms with van der Waals surface area (Å²) in [5.41, 5.74) is 8.33. The molecule has 6 nitrogen and oxygen atoms in total. The van der Waals surface area contributed by atoms with Gasteiger partial charge in [0, 0.05) is 0 Å². The number of nitrogens with one attached hydrogen (secondary N) is 3. The average Bonchev–Trinajstić information content (AvgIpc) is 2.78. The number of carbonyl (C=O) groups excluding carboxylic acids is 2. The van der Waals surface area contributed by atoms with Gasteiger partial charge in [-0.3, -0.25) is 20.4 Å². The molecule has 3 rings (SSSR count). The summed E-state index contributed by atoms with van der Waals surface area (Å²) in [7, 11) is 0. The van der Waals surface area contributed by atoms with Crippen molar-refractivity contribution in [2.75, 3.05) is 0 Å². The van der Waals surface area contributed by atoms with Crippen LogP contribution in [0, 0.1) is 6.92 Å². The second kappa shape index (κ2) is 10.9. The molecule has 3 N–H and O–H groups in total. The third kappa shape index (κ3) is 6.65. The molecule has 7 heteroatoms. The van der Waals surface area contributed by atoms with Gasteiger partial charge in [0.05, 0.1) is 12.0 Å². The highest BCUT2D eigenvalue weighted by molar-refractivity contribution is 7.80. The van der Waals surface area contributed by atoms with E-state index in [-0.39, 0.29) is 17.4 Å². The summed E-state index contributed by atoms with van der Waals surface area (Å²) in [4.78, 5) is 24.8. The Balaban J connectivity index is 1.51. The zero-order valence-corrected chi connectivity index (χ0v) is 17.9. The topological polar surface area (TPSA) is 79.5 Å². The molecule has 0 atom stereocenters. The maximum atomic E-state index is 12.6. The Hall–Kier alpha value is -3.71. The monoisotopic (exact) mass is 433 g/mol. The van der Waals surface area contributed by atoms with E-state index in [1.807, 2.05) is 61.5 Å². The van der Waals surface area contributed by atoms with Gasteiger partial charge in [-0.15, -0.1) is 0 Å². The van der Waals surface area contributed by atoms with Gasteiger partial charge in [0.25, 0.3) is 5.91 Å². The summed E-state index contributed by atoms with van der Waals surface area (Å²) in [6.07, 6.45) is 0.193. The van der Waals surface area contributed by atoms with E-state index in [1.165, 1.54) is 0 Å². The fourth-order valence-corrected chi connectivity index (χ4v) is 3.04. The van der Waals surface area contributed by atoms with Crippen molar-refractivity contribution in [3.63, 3.8) is 0 Å². The normalized spacial score (nSPS) is 10.1. The van der Waals surface area contributed by atoms with E-state index in [4.69, 9.17) is 17.0 Å². The number of thiocarbonyl (C=S) groups is 1. The predicted octanol–water partition coefficient (Wildman–Crippen LogP) is 3.45. The number of hydrogen-bond donors (Lipinski definition) is 3. The molecular weight excluding hydrogens is 410 g/mol. The number of benzene rings is 3. The smallest absolute Gasteiger partial charge is 0.273 e. The van der Waals surface area contributed by atoms with Crippen molar-refractivity contribution in [3.05, 3.63) is 101 Å². The molecule has 2 amide bonds. The highest BCUT2D eigenvalue weighted by Gasteiger charge is 2.13. The van der Waals surface area contributed by atoms with Gasteiger partial charge in [0.2, 0.25) is 5.91 Å². The van der Waals surface area contributed by atoms with Gasteiger partial charge in [-0.2, -0.15) is 0 Å². The van der Waals surface area contributed by atoms with Crippen LogP contribution in [0.5, 0.6) is 5.75 Å². The van der Waals surface area contributed by atoms with Gasteiger partial charge < -0.3 is 10.1 Å². The Morgan fingerprint density at radius 2 is 1.55 bits per heavy atom. The molecule has 0 fully saturated rings. The first-order valence-corrected chi connectivity index (χ1v) is 10.1. The highest BCUT2D eigenvalue weighted by atomic mass is 32.1. The van der Waals surface area contributed by atoms with Crippen molar-refractivity contribution in [1.82, 2.24) is 16.2 Å². The molecule has 0 aliphatic carbocycles. The molecule has 3 aromatic rings. The molecular formula is C24H23N3O3S. The molecule has 0 saturated heterocycles. The van der Waals surface area contributed by atoms with Crippen LogP contribution in [0.4, 0.5) is 0 Å². The van der Waals surface area contributed by atoms with Crippen molar-refractivity contribution >= 4 is 29.1 Å². The molecule has 0 saturated carbocycles. The molecule has 0 aromatic heterocycles. The first-order chi connectivity index (χ1) is 15.0.